The summed E-state index contributed by atoms with van der Waals surface area (Å²) in [6.45, 7) is 6.30. The Balaban J connectivity index is 1.38. The number of anilines is 2. The van der Waals surface area contributed by atoms with E-state index >= 15 is 0 Å². The zero-order valence-electron chi connectivity index (χ0n) is 24.8. The number of aromatic nitrogens is 1. The number of nitrogens with one attached hydrogen (secondary N) is 2. The summed E-state index contributed by atoms with van der Waals surface area (Å²) in [5.41, 5.74) is 6.60. The Hall–Kier alpha value is -3.99. The minimum absolute atomic E-state index is 0.00904. The Bertz CT molecular complexity index is 1460. The first kappa shape index (κ1) is 30.0. The van der Waals surface area contributed by atoms with Crippen LogP contribution in [0, 0.1) is 13.8 Å². The van der Waals surface area contributed by atoms with Gasteiger partial charge in [0.15, 0.2) is 0 Å². The lowest BCUT2D eigenvalue weighted by atomic mass is 10.0. The van der Waals surface area contributed by atoms with E-state index in [0.717, 1.165) is 40.6 Å². The summed E-state index contributed by atoms with van der Waals surface area (Å²) < 4.78 is 0. The van der Waals surface area contributed by atoms with Crippen molar-refractivity contribution in [1.82, 2.24) is 4.98 Å². The minimum Gasteiger partial charge on any atom is -0.326 e. The Morgan fingerprint density at radius 3 is 2.05 bits per heavy atom. The number of aryl methyl sites for hydroxylation is 2. The first-order valence-electron chi connectivity index (χ1n) is 15.1. The molecule has 1 heterocycles. The summed E-state index contributed by atoms with van der Waals surface area (Å²) in [5, 5.41) is 6.84. The van der Waals surface area contributed by atoms with Gasteiger partial charge >= 0.3 is 0 Å². The molecule has 4 aromatic rings. The molecule has 1 aromatic heterocycles. The third-order valence-electron chi connectivity index (χ3n) is 7.54. The van der Waals surface area contributed by atoms with Crippen molar-refractivity contribution in [2.24, 2.45) is 0 Å². The molecule has 214 valence electrons. The van der Waals surface area contributed by atoms with Gasteiger partial charge in [-0.05, 0) is 50.1 Å². The number of fused-ring (bicyclic) bond motifs is 1. The van der Waals surface area contributed by atoms with Crippen molar-refractivity contribution in [2.45, 2.75) is 85.0 Å². The van der Waals surface area contributed by atoms with Crippen LogP contribution in [-0.2, 0) is 4.79 Å². The van der Waals surface area contributed by atoms with Crippen molar-refractivity contribution >= 4 is 34.1 Å². The van der Waals surface area contributed by atoms with Crippen LogP contribution in [0.25, 0.3) is 22.2 Å². The van der Waals surface area contributed by atoms with Crippen LogP contribution >= 0.6 is 0 Å². The minimum atomic E-state index is -0.213. The molecule has 0 fully saturated rings. The van der Waals surface area contributed by atoms with Gasteiger partial charge in [-0.3, -0.25) is 9.59 Å². The zero-order chi connectivity index (χ0) is 29.0. The lowest BCUT2D eigenvalue weighted by molar-refractivity contribution is -0.116. The lowest BCUT2D eigenvalue weighted by Crippen LogP contribution is -2.14. The number of amides is 2. The van der Waals surface area contributed by atoms with E-state index in [1.165, 1.54) is 50.5 Å². The van der Waals surface area contributed by atoms with Crippen molar-refractivity contribution in [3.63, 3.8) is 0 Å². The van der Waals surface area contributed by atoms with Crippen molar-refractivity contribution in [2.75, 3.05) is 10.6 Å². The molecule has 41 heavy (non-hydrogen) atoms. The summed E-state index contributed by atoms with van der Waals surface area (Å²) in [6.07, 6.45) is 11.5. The molecule has 0 aliphatic carbocycles. The van der Waals surface area contributed by atoms with Gasteiger partial charge in [0, 0.05) is 28.7 Å². The van der Waals surface area contributed by atoms with Gasteiger partial charge < -0.3 is 10.6 Å². The molecule has 4 rings (SSSR count). The van der Waals surface area contributed by atoms with Gasteiger partial charge in [0.2, 0.25) is 5.91 Å². The first-order chi connectivity index (χ1) is 19.9. The Morgan fingerprint density at radius 1 is 0.707 bits per heavy atom. The van der Waals surface area contributed by atoms with Gasteiger partial charge in [-0.1, -0.05) is 112 Å². The van der Waals surface area contributed by atoms with Crippen molar-refractivity contribution in [1.29, 1.82) is 0 Å². The van der Waals surface area contributed by atoms with E-state index in [4.69, 9.17) is 4.98 Å². The van der Waals surface area contributed by atoms with Gasteiger partial charge in [0.1, 0.15) is 0 Å². The third-order valence-corrected chi connectivity index (χ3v) is 7.54. The Labute approximate surface area is 244 Å². The van der Waals surface area contributed by atoms with Gasteiger partial charge in [0.25, 0.3) is 5.91 Å². The number of nitrogens with zero attached hydrogens (tertiary/aromatic N) is 1. The molecule has 2 amide bonds. The maximum atomic E-state index is 13.6. The first-order valence-corrected chi connectivity index (χ1v) is 15.1. The molecule has 0 atom stereocenters. The number of carbonyl (C=O) groups is 2. The van der Waals surface area contributed by atoms with E-state index in [1.54, 1.807) is 0 Å². The molecular formula is C36H43N3O2. The molecule has 3 aromatic carbocycles. The summed E-state index contributed by atoms with van der Waals surface area (Å²) in [4.78, 5) is 31.0. The van der Waals surface area contributed by atoms with Crippen LogP contribution in [0.5, 0.6) is 0 Å². The van der Waals surface area contributed by atoms with Crippen LogP contribution in [0.1, 0.15) is 92.6 Å². The van der Waals surface area contributed by atoms with E-state index in [1.807, 2.05) is 79.7 Å². The number of pyridine rings is 1. The molecule has 0 unspecified atom stereocenters. The van der Waals surface area contributed by atoms with Crippen molar-refractivity contribution in [3.8, 4) is 11.3 Å². The zero-order valence-corrected chi connectivity index (χ0v) is 24.8. The smallest absolute Gasteiger partial charge is 0.256 e. The predicted molar refractivity (Wildman–Crippen MR) is 172 cm³/mol. The van der Waals surface area contributed by atoms with E-state index < -0.39 is 0 Å². The van der Waals surface area contributed by atoms with E-state index in [0.29, 0.717) is 23.4 Å². The topological polar surface area (TPSA) is 71.1 Å². The number of unbranched alkanes of at least 4 members (excludes halogenated alkanes) is 8. The average Bonchev–Trinajstić information content (AvgIpc) is 2.96. The molecule has 0 bridgehead atoms. The van der Waals surface area contributed by atoms with Crippen LogP contribution in [0.2, 0.25) is 0 Å². The molecule has 0 saturated heterocycles. The fourth-order valence-electron chi connectivity index (χ4n) is 5.14. The SMILES string of the molecule is CCCCCCCCCCCC(=O)Nc1cccc(NC(=O)c2cc(-c3ccc(C)cc3)nc3c(C)cccc23)c1. The number of hydrogen-bond acceptors (Lipinski definition) is 3. The summed E-state index contributed by atoms with van der Waals surface area (Å²) >= 11 is 0. The standard InChI is InChI=1S/C36H43N3O2/c1-4-5-6-7-8-9-10-11-12-19-34(40)37-29-16-14-17-30(24-29)38-36(41)32-25-33(28-22-20-26(2)21-23-28)39-35-27(3)15-13-18-31(32)35/h13-18,20-25H,4-12,19H2,1-3H3,(H,37,40)(H,38,41). The highest BCUT2D eigenvalue weighted by atomic mass is 16.2. The molecule has 0 aliphatic rings. The number of hydrogen-bond donors (Lipinski definition) is 2. The monoisotopic (exact) mass is 549 g/mol. The highest BCUT2D eigenvalue weighted by Gasteiger charge is 2.16. The third kappa shape index (κ3) is 8.75. The van der Waals surface area contributed by atoms with Crippen LogP contribution in [0.15, 0.2) is 72.8 Å². The van der Waals surface area contributed by atoms with E-state index in [2.05, 4.69) is 24.5 Å². The molecular weight excluding hydrogens is 506 g/mol. The van der Waals surface area contributed by atoms with Crippen LogP contribution in [-0.4, -0.2) is 16.8 Å². The van der Waals surface area contributed by atoms with E-state index in [9.17, 15) is 9.59 Å². The molecule has 0 aliphatic heterocycles. The van der Waals surface area contributed by atoms with Crippen molar-refractivity contribution in [3.05, 3.63) is 89.5 Å². The normalized spacial score (nSPS) is 11.0. The second-order valence-corrected chi connectivity index (χ2v) is 11.1. The largest absolute Gasteiger partial charge is 0.326 e. The summed E-state index contributed by atoms with van der Waals surface area (Å²) in [5.74, 6) is -0.204. The number of para-hydroxylation sites is 1. The molecule has 0 spiro atoms. The number of rotatable bonds is 14. The molecule has 2 N–H and O–H groups in total. The predicted octanol–water partition coefficient (Wildman–Crippen LogP) is 9.63. The van der Waals surface area contributed by atoms with Gasteiger partial charge in [-0.2, -0.15) is 0 Å². The highest BCUT2D eigenvalue weighted by molar-refractivity contribution is 6.13. The second-order valence-electron chi connectivity index (χ2n) is 11.1. The van der Waals surface area contributed by atoms with Gasteiger partial charge in [-0.25, -0.2) is 4.98 Å². The average molecular weight is 550 g/mol. The Kier molecular flexibility index (Phi) is 11.1. The van der Waals surface area contributed by atoms with Crippen LogP contribution < -0.4 is 10.6 Å². The highest BCUT2D eigenvalue weighted by Crippen LogP contribution is 2.28. The fourth-order valence-corrected chi connectivity index (χ4v) is 5.14. The maximum Gasteiger partial charge on any atom is 0.256 e. The molecule has 5 nitrogen and oxygen atoms in total. The summed E-state index contributed by atoms with van der Waals surface area (Å²) in [6, 6.07) is 23.3. The maximum absolute atomic E-state index is 13.6. The quantitative estimate of drug-likeness (QED) is 0.154. The van der Waals surface area contributed by atoms with Gasteiger partial charge in [0.05, 0.1) is 16.8 Å². The van der Waals surface area contributed by atoms with E-state index in [-0.39, 0.29) is 11.8 Å². The molecule has 0 radical (unpaired) electrons. The molecule has 0 saturated carbocycles. The summed E-state index contributed by atoms with van der Waals surface area (Å²) in [7, 11) is 0. The molecule has 5 heteroatoms. The second kappa shape index (κ2) is 15.1. The van der Waals surface area contributed by atoms with Gasteiger partial charge in [-0.15, -0.1) is 0 Å². The lowest BCUT2D eigenvalue weighted by Gasteiger charge is -2.13. The number of benzene rings is 3. The van der Waals surface area contributed by atoms with Crippen LogP contribution in [0.3, 0.4) is 0 Å². The Morgan fingerprint density at radius 2 is 1.34 bits per heavy atom. The van der Waals surface area contributed by atoms with Crippen molar-refractivity contribution < 1.29 is 9.59 Å². The fraction of sp³-hybridized carbons (Fsp3) is 0.361. The van der Waals surface area contributed by atoms with Crippen LogP contribution in [0.4, 0.5) is 11.4 Å². The number of carbonyl (C=O) groups excluding carboxylic acids is 2.